The van der Waals surface area contributed by atoms with Crippen LogP contribution in [-0.2, 0) is 12.4 Å². The summed E-state index contributed by atoms with van der Waals surface area (Å²) in [5, 5.41) is 16.4. The summed E-state index contributed by atoms with van der Waals surface area (Å²) in [5.41, 5.74) is -1.31. The molecular weight excluding hydrogens is 468 g/mol. The number of aromatic nitrogens is 2. The van der Waals surface area contributed by atoms with Crippen molar-refractivity contribution in [3.63, 3.8) is 0 Å². The van der Waals surface area contributed by atoms with Crippen molar-refractivity contribution in [2.75, 3.05) is 13.2 Å². The number of ether oxygens (including phenoxy) is 1. The Morgan fingerprint density at radius 1 is 1.06 bits per heavy atom. The number of nitrogens with zero attached hydrogens (tertiary/aromatic N) is 2. The van der Waals surface area contributed by atoms with Gasteiger partial charge in [-0.3, -0.25) is 4.79 Å². The van der Waals surface area contributed by atoms with Gasteiger partial charge >= 0.3 is 12.4 Å². The van der Waals surface area contributed by atoms with Crippen LogP contribution in [0.5, 0.6) is 5.75 Å². The zero-order chi connectivity index (χ0) is 25.1. The number of amides is 1. The monoisotopic (exact) mass is 487 g/mol. The third kappa shape index (κ3) is 6.07. The highest BCUT2D eigenvalue weighted by Gasteiger charge is 2.31. The van der Waals surface area contributed by atoms with Crippen LogP contribution < -0.4 is 10.1 Å². The summed E-state index contributed by atoms with van der Waals surface area (Å²) in [7, 11) is 0. The van der Waals surface area contributed by atoms with E-state index >= 15 is 0 Å². The van der Waals surface area contributed by atoms with Crippen LogP contribution in [0.3, 0.4) is 0 Å². The topological polar surface area (TPSA) is 76.4 Å². The third-order valence-electron chi connectivity index (χ3n) is 4.77. The Kier molecular flexibility index (Phi) is 7.20. The second-order valence-electron chi connectivity index (χ2n) is 7.30. The van der Waals surface area contributed by atoms with E-state index < -0.39 is 35.5 Å². The fourth-order valence-electron chi connectivity index (χ4n) is 3.03. The molecule has 6 nitrogen and oxygen atoms in total. The first-order chi connectivity index (χ1) is 15.9. The number of hydrogen-bond donors (Lipinski definition) is 2. The van der Waals surface area contributed by atoms with Crippen LogP contribution in [0.2, 0.25) is 0 Å². The SMILES string of the molecule is Cc1c(C(=O)NCC(O)COc2cccc(C(F)(F)F)c2)cnn1-c1cccc(C(F)(F)F)c1. The van der Waals surface area contributed by atoms with E-state index in [9.17, 15) is 36.2 Å². The van der Waals surface area contributed by atoms with E-state index in [4.69, 9.17) is 4.74 Å². The molecule has 2 N–H and O–H groups in total. The number of aliphatic hydroxyl groups is 1. The van der Waals surface area contributed by atoms with Crippen LogP contribution in [0.15, 0.2) is 54.7 Å². The number of hydrogen-bond acceptors (Lipinski definition) is 4. The van der Waals surface area contributed by atoms with Gasteiger partial charge in [-0.15, -0.1) is 0 Å². The molecule has 0 aliphatic carbocycles. The molecular formula is C22H19F6N3O3. The fourth-order valence-corrected chi connectivity index (χ4v) is 3.03. The summed E-state index contributed by atoms with van der Waals surface area (Å²) in [4.78, 5) is 12.4. The van der Waals surface area contributed by atoms with Crippen molar-refractivity contribution in [1.29, 1.82) is 0 Å². The van der Waals surface area contributed by atoms with Gasteiger partial charge in [0, 0.05) is 6.54 Å². The molecule has 1 aromatic heterocycles. The van der Waals surface area contributed by atoms with Crippen molar-refractivity contribution < 1.29 is 41.0 Å². The molecule has 34 heavy (non-hydrogen) atoms. The molecule has 12 heteroatoms. The van der Waals surface area contributed by atoms with Gasteiger partial charge in [-0.05, 0) is 43.3 Å². The van der Waals surface area contributed by atoms with Gasteiger partial charge in [-0.1, -0.05) is 12.1 Å². The van der Waals surface area contributed by atoms with E-state index in [2.05, 4.69) is 10.4 Å². The number of carbonyl (C=O) groups is 1. The van der Waals surface area contributed by atoms with Crippen LogP contribution in [-0.4, -0.2) is 40.0 Å². The Bertz CT molecular complexity index is 1160. The Morgan fingerprint density at radius 2 is 1.68 bits per heavy atom. The number of carbonyl (C=O) groups excluding carboxylic acids is 1. The normalized spacial score (nSPS) is 12.9. The second kappa shape index (κ2) is 9.75. The average molecular weight is 487 g/mol. The third-order valence-corrected chi connectivity index (χ3v) is 4.77. The lowest BCUT2D eigenvalue weighted by Gasteiger charge is -2.14. The van der Waals surface area contributed by atoms with E-state index in [0.717, 1.165) is 30.3 Å². The van der Waals surface area contributed by atoms with Gasteiger partial charge in [-0.2, -0.15) is 31.4 Å². The lowest BCUT2D eigenvalue weighted by molar-refractivity contribution is -0.138. The molecule has 0 fully saturated rings. The van der Waals surface area contributed by atoms with Gasteiger partial charge in [-0.25, -0.2) is 4.68 Å². The number of aliphatic hydroxyl groups excluding tert-OH is 1. The molecule has 1 atom stereocenters. The maximum atomic E-state index is 13.0. The molecule has 1 heterocycles. The van der Waals surface area contributed by atoms with Gasteiger partial charge in [0.2, 0.25) is 0 Å². The molecule has 1 unspecified atom stereocenters. The van der Waals surface area contributed by atoms with Crippen molar-refractivity contribution in [2.45, 2.75) is 25.4 Å². The van der Waals surface area contributed by atoms with Gasteiger partial charge in [0.1, 0.15) is 18.5 Å². The standard InChI is InChI=1S/C22H19F6N3O3/c1-13-19(11-30-31(13)16-6-2-4-14(8-16)21(23,24)25)20(33)29-10-17(32)12-34-18-7-3-5-15(9-18)22(26,27)28/h2-9,11,17,32H,10,12H2,1H3,(H,29,33). The van der Waals surface area contributed by atoms with Crippen molar-refractivity contribution in [2.24, 2.45) is 0 Å². The molecule has 0 saturated heterocycles. The minimum atomic E-state index is -4.54. The van der Waals surface area contributed by atoms with E-state index in [1.165, 1.54) is 36.0 Å². The van der Waals surface area contributed by atoms with E-state index in [-0.39, 0.29) is 35.8 Å². The molecule has 3 rings (SSSR count). The maximum absolute atomic E-state index is 13.0. The molecule has 1 amide bonds. The van der Waals surface area contributed by atoms with Gasteiger partial charge < -0.3 is 15.2 Å². The van der Waals surface area contributed by atoms with Crippen LogP contribution >= 0.6 is 0 Å². The molecule has 3 aromatic rings. The molecule has 0 aliphatic heterocycles. The number of rotatable bonds is 7. The molecule has 2 aromatic carbocycles. The minimum absolute atomic E-state index is 0.0726. The first kappa shape index (κ1) is 25.1. The first-order valence-electron chi connectivity index (χ1n) is 9.85. The fraction of sp³-hybridized carbons (Fsp3) is 0.273. The largest absolute Gasteiger partial charge is 0.491 e. The second-order valence-corrected chi connectivity index (χ2v) is 7.30. The summed E-state index contributed by atoms with van der Waals surface area (Å²) in [5.74, 6) is -0.743. The molecule has 182 valence electrons. The maximum Gasteiger partial charge on any atom is 0.416 e. The van der Waals surface area contributed by atoms with E-state index in [1.54, 1.807) is 0 Å². The van der Waals surface area contributed by atoms with Gasteiger partial charge in [0.25, 0.3) is 5.91 Å². The summed E-state index contributed by atoms with van der Waals surface area (Å²) in [6.07, 6.45) is -9.14. The average Bonchev–Trinajstić information content (AvgIpc) is 3.16. The Labute approximate surface area is 189 Å². The highest BCUT2D eigenvalue weighted by Crippen LogP contribution is 2.32. The Hall–Kier alpha value is -3.54. The summed E-state index contributed by atoms with van der Waals surface area (Å²) < 4.78 is 83.4. The lowest BCUT2D eigenvalue weighted by atomic mass is 10.2. The van der Waals surface area contributed by atoms with Gasteiger partial charge in [0.05, 0.1) is 34.3 Å². The zero-order valence-corrected chi connectivity index (χ0v) is 17.6. The smallest absolute Gasteiger partial charge is 0.416 e. The van der Waals surface area contributed by atoms with Crippen molar-refractivity contribution in [3.05, 3.63) is 77.1 Å². The van der Waals surface area contributed by atoms with Crippen molar-refractivity contribution >= 4 is 5.91 Å². The number of alkyl halides is 6. The zero-order valence-electron chi connectivity index (χ0n) is 17.6. The van der Waals surface area contributed by atoms with Crippen LogP contribution in [0.1, 0.15) is 27.2 Å². The Morgan fingerprint density at radius 3 is 2.32 bits per heavy atom. The Balaban J connectivity index is 1.59. The molecule has 0 bridgehead atoms. The lowest BCUT2D eigenvalue weighted by Crippen LogP contribution is -2.35. The minimum Gasteiger partial charge on any atom is -0.491 e. The van der Waals surface area contributed by atoms with Crippen molar-refractivity contribution in [3.8, 4) is 11.4 Å². The van der Waals surface area contributed by atoms with Crippen molar-refractivity contribution in [1.82, 2.24) is 15.1 Å². The number of benzene rings is 2. The summed E-state index contributed by atoms with van der Waals surface area (Å²) >= 11 is 0. The van der Waals surface area contributed by atoms with E-state index in [0.29, 0.717) is 0 Å². The molecule has 0 radical (unpaired) electrons. The predicted octanol–water partition coefficient (Wildman–Crippen LogP) is 4.39. The molecule has 0 aliphatic rings. The summed E-state index contributed by atoms with van der Waals surface area (Å²) in [6, 6.07) is 8.58. The number of nitrogens with one attached hydrogen (secondary N) is 1. The predicted molar refractivity (Wildman–Crippen MR) is 109 cm³/mol. The molecule has 0 spiro atoms. The van der Waals surface area contributed by atoms with Crippen LogP contribution in [0, 0.1) is 6.92 Å². The quantitative estimate of drug-likeness (QED) is 0.485. The van der Waals surface area contributed by atoms with Crippen LogP contribution in [0.25, 0.3) is 5.69 Å². The molecule has 0 saturated carbocycles. The van der Waals surface area contributed by atoms with E-state index in [1.807, 2.05) is 0 Å². The highest BCUT2D eigenvalue weighted by molar-refractivity contribution is 5.95. The number of halogens is 6. The highest BCUT2D eigenvalue weighted by atomic mass is 19.4. The van der Waals surface area contributed by atoms with Gasteiger partial charge in [0.15, 0.2) is 0 Å². The summed E-state index contributed by atoms with van der Waals surface area (Å²) in [6.45, 7) is 0.825. The van der Waals surface area contributed by atoms with Crippen LogP contribution in [0.4, 0.5) is 26.3 Å². The first-order valence-corrected chi connectivity index (χ1v) is 9.85.